The average molecular weight is 267 g/mol. The van der Waals surface area contributed by atoms with Crippen LogP contribution >= 0.6 is 0 Å². The number of ether oxygens (including phenoxy) is 1. The zero-order chi connectivity index (χ0) is 13.9. The molecule has 0 aliphatic rings. The summed E-state index contributed by atoms with van der Waals surface area (Å²) >= 11 is 0. The van der Waals surface area contributed by atoms with Gasteiger partial charge in [0.15, 0.2) is 0 Å². The Kier molecular flexibility index (Phi) is 3.09. The third-order valence-electron chi connectivity index (χ3n) is 3.01. The quantitative estimate of drug-likeness (QED) is 0.776. The van der Waals surface area contributed by atoms with Crippen LogP contribution in [0.2, 0.25) is 0 Å². The first-order chi connectivity index (χ1) is 9.78. The highest BCUT2D eigenvalue weighted by molar-refractivity contribution is 5.97. The van der Waals surface area contributed by atoms with Gasteiger partial charge in [0.1, 0.15) is 5.75 Å². The molecule has 0 atom stereocenters. The molecular weight excluding hydrogens is 254 g/mol. The van der Waals surface area contributed by atoms with E-state index in [2.05, 4.69) is 10.4 Å². The van der Waals surface area contributed by atoms with E-state index >= 15 is 0 Å². The second-order valence-corrected chi connectivity index (χ2v) is 4.27. The third kappa shape index (κ3) is 2.21. The summed E-state index contributed by atoms with van der Waals surface area (Å²) in [5.41, 5.74) is 1.47. The van der Waals surface area contributed by atoms with Gasteiger partial charge in [-0.3, -0.25) is 0 Å². The lowest BCUT2D eigenvalue weighted by molar-refractivity contribution is 0.252. The van der Waals surface area contributed by atoms with Gasteiger partial charge in [-0.15, -0.1) is 0 Å². The number of carbonyl (C=O) groups is 1. The van der Waals surface area contributed by atoms with Gasteiger partial charge in [0.05, 0.1) is 18.8 Å². The van der Waals surface area contributed by atoms with E-state index in [9.17, 15) is 4.79 Å². The van der Waals surface area contributed by atoms with Gasteiger partial charge in [0.2, 0.25) is 0 Å². The Hall–Kier alpha value is -2.82. The van der Waals surface area contributed by atoms with Crippen LogP contribution in [0.15, 0.2) is 54.7 Å². The lowest BCUT2D eigenvalue weighted by Crippen LogP contribution is -2.20. The number of anilines is 1. The summed E-state index contributed by atoms with van der Waals surface area (Å²) in [6.45, 7) is 0. The van der Waals surface area contributed by atoms with Crippen LogP contribution in [-0.4, -0.2) is 22.9 Å². The lowest BCUT2D eigenvalue weighted by atomic mass is 10.3. The second kappa shape index (κ2) is 5.05. The van der Waals surface area contributed by atoms with Crippen LogP contribution in [0.25, 0.3) is 10.9 Å². The molecule has 0 radical (unpaired) electrons. The molecule has 0 saturated carbocycles. The Labute approximate surface area is 115 Å². The van der Waals surface area contributed by atoms with Gasteiger partial charge in [0.25, 0.3) is 0 Å². The Morgan fingerprint density at radius 1 is 1.15 bits per heavy atom. The molecule has 5 heteroatoms. The number of hydrogen-bond donors (Lipinski definition) is 1. The molecule has 0 fully saturated rings. The van der Waals surface area contributed by atoms with E-state index in [1.54, 1.807) is 37.6 Å². The predicted octanol–water partition coefficient (Wildman–Crippen LogP) is 3.13. The number of para-hydroxylation sites is 1. The average Bonchev–Trinajstić information content (AvgIpc) is 2.92. The third-order valence-corrected chi connectivity index (χ3v) is 3.01. The second-order valence-electron chi connectivity index (χ2n) is 4.27. The maximum atomic E-state index is 12.2. The highest BCUT2D eigenvalue weighted by atomic mass is 16.5. The summed E-state index contributed by atoms with van der Waals surface area (Å²) in [5, 5.41) is 7.83. The topological polar surface area (TPSA) is 56.1 Å². The van der Waals surface area contributed by atoms with E-state index < -0.39 is 0 Å². The van der Waals surface area contributed by atoms with Gasteiger partial charge in [-0.1, -0.05) is 18.2 Å². The summed E-state index contributed by atoms with van der Waals surface area (Å²) in [6.07, 6.45) is 1.67. The fraction of sp³-hybridized carbons (Fsp3) is 0.0667. The number of rotatable bonds is 2. The van der Waals surface area contributed by atoms with Crippen molar-refractivity contribution >= 4 is 22.6 Å². The number of hydrogen-bond acceptors (Lipinski definition) is 3. The maximum Gasteiger partial charge on any atom is 0.347 e. The van der Waals surface area contributed by atoms with E-state index in [1.807, 2.05) is 24.3 Å². The van der Waals surface area contributed by atoms with Gasteiger partial charge in [-0.05, 0) is 30.3 Å². The minimum absolute atomic E-state index is 0.295. The van der Waals surface area contributed by atoms with Crippen molar-refractivity contribution < 1.29 is 9.53 Å². The molecule has 2 aromatic carbocycles. The largest absolute Gasteiger partial charge is 0.497 e. The molecule has 1 amide bonds. The minimum Gasteiger partial charge on any atom is -0.497 e. The number of methoxy groups -OCH3 is 1. The normalized spacial score (nSPS) is 10.4. The van der Waals surface area contributed by atoms with Crippen LogP contribution < -0.4 is 10.1 Å². The van der Waals surface area contributed by atoms with Crippen molar-refractivity contribution in [2.45, 2.75) is 0 Å². The zero-order valence-electron chi connectivity index (χ0n) is 10.9. The van der Waals surface area contributed by atoms with E-state index in [4.69, 9.17) is 4.74 Å². The Morgan fingerprint density at radius 2 is 1.90 bits per heavy atom. The van der Waals surface area contributed by atoms with E-state index in [1.165, 1.54) is 4.68 Å². The van der Waals surface area contributed by atoms with Crippen molar-refractivity contribution in [2.75, 3.05) is 12.4 Å². The molecule has 0 unspecified atom stereocenters. The monoisotopic (exact) mass is 267 g/mol. The number of carbonyl (C=O) groups excluding carboxylic acids is 1. The van der Waals surface area contributed by atoms with E-state index in [0.29, 0.717) is 5.69 Å². The fourth-order valence-electron chi connectivity index (χ4n) is 1.98. The van der Waals surface area contributed by atoms with Gasteiger partial charge < -0.3 is 10.1 Å². The standard InChI is InChI=1S/C15H13N3O2/c1-20-13-8-6-12(7-9-13)17-15(19)18-14-5-3-2-4-11(14)10-16-18/h2-10H,1H3,(H,17,19). The SMILES string of the molecule is COc1ccc(NC(=O)n2ncc3ccccc32)cc1. The first-order valence-corrected chi connectivity index (χ1v) is 6.16. The van der Waals surface area contributed by atoms with Crippen LogP contribution in [0.3, 0.4) is 0 Å². The fourth-order valence-corrected chi connectivity index (χ4v) is 1.98. The van der Waals surface area contributed by atoms with Gasteiger partial charge in [-0.2, -0.15) is 9.78 Å². The molecule has 1 N–H and O–H groups in total. The minimum atomic E-state index is -0.295. The molecule has 3 aromatic rings. The maximum absolute atomic E-state index is 12.2. The lowest BCUT2D eigenvalue weighted by Gasteiger charge is -2.06. The number of aromatic nitrogens is 2. The molecule has 0 aliphatic carbocycles. The van der Waals surface area contributed by atoms with Gasteiger partial charge in [0, 0.05) is 11.1 Å². The molecule has 0 spiro atoms. The van der Waals surface area contributed by atoms with Crippen molar-refractivity contribution in [2.24, 2.45) is 0 Å². The smallest absolute Gasteiger partial charge is 0.347 e. The van der Waals surface area contributed by atoms with Crippen LogP contribution in [0, 0.1) is 0 Å². The molecule has 0 aliphatic heterocycles. The summed E-state index contributed by atoms with van der Waals surface area (Å²) in [5.74, 6) is 0.743. The molecule has 0 saturated heterocycles. The molecular formula is C15H13N3O2. The molecule has 0 bridgehead atoms. The van der Waals surface area contributed by atoms with Crippen molar-refractivity contribution in [3.63, 3.8) is 0 Å². The van der Waals surface area contributed by atoms with Crippen LogP contribution in [0.1, 0.15) is 0 Å². The van der Waals surface area contributed by atoms with Crippen LogP contribution in [0.4, 0.5) is 10.5 Å². The van der Waals surface area contributed by atoms with Crippen LogP contribution in [-0.2, 0) is 0 Å². The molecule has 3 rings (SSSR count). The Balaban J connectivity index is 1.85. The molecule has 100 valence electrons. The van der Waals surface area contributed by atoms with Crippen molar-refractivity contribution in [3.05, 3.63) is 54.7 Å². The molecule has 20 heavy (non-hydrogen) atoms. The molecule has 1 heterocycles. The van der Waals surface area contributed by atoms with Gasteiger partial charge >= 0.3 is 6.03 Å². The number of nitrogens with zero attached hydrogens (tertiary/aromatic N) is 2. The first kappa shape index (κ1) is 12.2. The number of nitrogens with one attached hydrogen (secondary N) is 1. The predicted molar refractivity (Wildman–Crippen MR) is 77.1 cm³/mol. The number of benzene rings is 2. The number of amides is 1. The van der Waals surface area contributed by atoms with Crippen molar-refractivity contribution in [1.82, 2.24) is 9.78 Å². The number of fused-ring (bicyclic) bond motifs is 1. The Bertz CT molecular complexity index is 747. The van der Waals surface area contributed by atoms with E-state index in [0.717, 1.165) is 16.7 Å². The molecule has 5 nitrogen and oxygen atoms in total. The first-order valence-electron chi connectivity index (χ1n) is 6.16. The molecule has 1 aromatic heterocycles. The summed E-state index contributed by atoms with van der Waals surface area (Å²) < 4.78 is 6.42. The zero-order valence-corrected chi connectivity index (χ0v) is 10.9. The van der Waals surface area contributed by atoms with Gasteiger partial charge in [-0.25, -0.2) is 4.79 Å². The van der Waals surface area contributed by atoms with Crippen LogP contribution in [0.5, 0.6) is 5.75 Å². The summed E-state index contributed by atoms with van der Waals surface area (Å²) in [6, 6.07) is 14.4. The van der Waals surface area contributed by atoms with E-state index in [-0.39, 0.29) is 6.03 Å². The highest BCUT2D eigenvalue weighted by Crippen LogP contribution is 2.17. The van der Waals surface area contributed by atoms with Crippen molar-refractivity contribution in [1.29, 1.82) is 0 Å². The Morgan fingerprint density at radius 3 is 2.65 bits per heavy atom. The summed E-state index contributed by atoms with van der Waals surface area (Å²) in [7, 11) is 1.60. The highest BCUT2D eigenvalue weighted by Gasteiger charge is 2.10. The van der Waals surface area contributed by atoms with Crippen molar-refractivity contribution in [3.8, 4) is 5.75 Å². The summed E-state index contributed by atoms with van der Waals surface area (Å²) in [4.78, 5) is 12.2.